The summed E-state index contributed by atoms with van der Waals surface area (Å²) >= 11 is 0. The molecule has 0 saturated heterocycles. The van der Waals surface area contributed by atoms with Gasteiger partial charge in [-0.25, -0.2) is 4.98 Å². The maximum Gasteiger partial charge on any atom is 0.0921 e. The van der Waals surface area contributed by atoms with Gasteiger partial charge >= 0.3 is 0 Å². The van der Waals surface area contributed by atoms with Gasteiger partial charge in [-0.2, -0.15) is 0 Å². The van der Waals surface area contributed by atoms with E-state index < -0.39 is 0 Å². The number of nitrogens with one attached hydrogen (secondary N) is 1. The monoisotopic (exact) mass is 240 g/mol. The number of hydrogen-bond acceptors (Lipinski definition) is 1. The maximum absolute atomic E-state index is 4.11. The Kier molecular flexibility index (Phi) is 2.73. The molecule has 1 aliphatic carbocycles. The lowest BCUT2D eigenvalue weighted by molar-refractivity contribution is 0.325. The van der Waals surface area contributed by atoms with E-state index in [0.29, 0.717) is 5.41 Å². The van der Waals surface area contributed by atoms with Gasteiger partial charge < -0.3 is 4.98 Å². The fourth-order valence-electron chi connectivity index (χ4n) is 3.43. The zero-order chi connectivity index (χ0) is 12.6. The molecule has 94 valence electrons. The van der Waals surface area contributed by atoms with Crippen LogP contribution < -0.4 is 0 Å². The SMILES string of the molecule is CC1(C)CC(Cc2cnc[nH]2)Cc2ccccc21. The Bertz CT molecular complexity index is 526. The van der Waals surface area contributed by atoms with Crippen LogP contribution in [0.3, 0.4) is 0 Å². The van der Waals surface area contributed by atoms with E-state index in [1.165, 1.54) is 29.7 Å². The second-order valence-corrected chi connectivity index (χ2v) is 6.10. The summed E-state index contributed by atoms with van der Waals surface area (Å²) < 4.78 is 0. The molecular formula is C16H20N2. The Balaban J connectivity index is 1.86. The van der Waals surface area contributed by atoms with E-state index in [2.05, 4.69) is 48.1 Å². The summed E-state index contributed by atoms with van der Waals surface area (Å²) in [5.41, 5.74) is 4.61. The van der Waals surface area contributed by atoms with Gasteiger partial charge in [-0.15, -0.1) is 0 Å². The van der Waals surface area contributed by atoms with E-state index in [1.54, 1.807) is 6.33 Å². The van der Waals surface area contributed by atoms with Crippen LogP contribution in [0.1, 0.15) is 37.1 Å². The molecule has 2 aromatic rings. The lowest BCUT2D eigenvalue weighted by Crippen LogP contribution is -2.30. The van der Waals surface area contributed by atoms with Crippen LogP contribution in [0.5, 0.6) is 0 Å². The lowest BCUT2D eigenvalue weighted by atomic mass is 9.67. The van der Waals surface area contributed by atoms with Crippen LogP contribution in [0.25, 0.3) is 0 Å². The minimum atomic E-state index is 0.291. The van der Waals surface area contributed by atoms with Crippen molar-refractivity contribution in [3.05, 3.63) is 53.6 Å². The van der Waals surface area contributed by atoms with Crippen LogP contribution in [0.2, 0.25) is 0 Å². The number of fused-ring (bicyclic) bond motifs is 1. The molecule has 0 fully saturated rings. The molecule has 3 rings (SSSR count). The zero-order valence-electron chi connectivity index (χ0n) is 11.1. The maximum atomic E-state index is 4.11. The van der Waals surface area contributed by atoms with Gasteiger partial charge in [0, 0.05) is 11.9 Å². The normalized spacial score (nSPS) is 21.6. The van der Waals surface area contributed by atoms with Gasteiger partial charge in [0.2, 0.25) is 0 Å². The molecule has 0 spiro atoms. The van der Waals surface area contributed by atoms with Crippen LogP contribution in [0, 0.1) is 5.92 Å². The quantitative estimate of drug-likeness (QED) is 0.855. The van der Waals surface area contributed by atoms with Crippen molar-refractivity contribution in [1.29, 1.82) is 0 Å². The van der Waals surface area contributed by atoms with E-state index in [-0.39, 0.29) is 0 Å². The highest BCUT2D eigenvalue weighted by Gasteiger charge is 2.32. The van der Waals surface area contributed by atoms with Crippen molar-refractivity contribution in [1.82, 2.24) is 9.97 Å². The van der Waals surface area contributed by atoms with Gasteiger partial charge in [-0.05, 0) is 41.7 Å². The molecule has 18 heavy (non-hydrogen) atoms. The van der Waals surface area contributed by atoms with E-state index >= 15 is 0 Å². The molecule has 2 nitrogen and oxygen atoms in total. The molecule has 0 saturated carbocycles. The van der Waals surface area contributed by atoms with Gasteiger partial charge in [0.25, 0.3) is 0 Å². The highest BCUT2D eigenvalue weighted by Crippen LogP contribution is 2.40. The van der Waals surface area contributed by atoms with Crippen LogP contribution in [-0.2, 0) is 18.3 Å². The number of nitrogens with zero attached hydrogens (tertiary/aromatic N) is 1. The summed E-state index contributed by atoms with van der Waals surface area (Å²) in [7, 11) is 0. The molecule has 0 radical (unpaired) electrons. The third-order valence-corrected chi connectivity index (χ3v) is 4.12. The predicted molar refractivity (Wildman–Crippen MR) is 73.6 cm³/mol. The minimum absolute atomic E-state index is 0.291. The average Bonchev–Trinajstić information content (AvgIpc) is 2.81. The topological polar surface area (TPSA) is 28.7 Å². The molecule has 1 aliphatic rings. The molecule has 1 aromatic carbocycles. The number of benzene rings is 1. The summed E-state index contributed by atoms with van der Waals surface area (Å²) in [5.74, 6) is 0.718. The summed E-state index contributed by atoms with van der Waals surface area (Å²) in [5, 5.41) is 0. The second kappa shape index (κ2) is 4.27. The molecular weight excluding hydrogens is 220 g/mol. The van der Waals surface area contributed by atoms with Crippen molar-refractivity contribution in [2.45, 2.75) is 38.5 Å². The van der Waals surface area contributed by atoms with Gasteiger partial charge in [0.15, 0.2) is 0 Å². The summed E-state index contributed by atoms with van der Waals surface area (Å²) in [4.78, 5) is 7.34. The van der Waals surface area contributed by atoms with Gasteiger partial charge in [-0.1, -0.05) is 38.1 Å². The fraction of sp³-hybridized carbons (Fsp3) is 0.438. The van der Waals surface area contributed by atoms with Crippen molar-refractivity contribution >= 4 is 0 Å². The average molecular weight is 240 g/mol. The Morgan fingerprint density at radius 2 is 2.17 bits per heavy atom. The van der Waals surface area contributed by atoms with Crippen molar-refractivity contribution in [3.63, 3.8) is 0 Å². The van der Waals surface area contributed by atoms with Crippen molar-refractivity contribution < 1.29 is 0 Å². The molecule has 0 bridgehead atoms. The first-order valence-electron chi connectivity index (χ1n) is 6.71. The Morgan fingerprint density at radius 3 is 2.94 bits per heavy atom. The molecule has 0 aliphatic heterocycles. The van der Waals surface area contributed by atoms with Gasteiger partial charge in [-0.3, -0.25) is 0 Å². The zero-order valence-corrected chi connectivity index (χ0v) is 11.1. The summed E-state index contributed by atoms with van der Waals surface area (Å²) in [6.07, 6.45) is 7.28. The molecule has 1 atom stereocenters. The third kappa shape index (κ3) is 2.07. The van der Waals surface area contributed by atoms with Crippen LogP contribution >= 0.6 is 0 Å². The number of rotatable bonds is 2. The van der Waals surface area contributed by atoms with Crippen molar-refractivity contribution in [2.24, 2.45) is 5.92 Å². The second-order valence-electron chi connectivity index (χ2n) is 6.10. The fourth-order valence-corrected chi connectivity index (χ4v) is 3.43. The molecule has 1 heterocycles. The molecule has 2 heteroatoms. The third-order valence-electron chi connectivity index (χ3n) is 4.12. The van der Waals surface area contributed by atoms with E-state index in [1.807, 2.05) is 6.20 Å². The largest absolute Gasteiger partial charge is 0.348 e. The molecule has 0 amide bonds. The summed E-state index contributed by atoms with van der Waals surface area (Å²) in [6.45, 7) is 4.73. The predicted octanol–water partition coefficient (Wildman–Crippen LogP) is 3.49. The van der Waals surface area contributed by atoms with Crippen LogP contribution in [-0.4, -0.2) is 9.97 Å². The Morgan fingerprint density at radius 1 is 1.33 bits per heavy atom. The minimum Gasteiger partial charge on any atom is -0.348 e. The standard InChI is InChI=1S/C16H20N2/c1-16(2)9-12(8-14-10-17-11-18-14)7-13-5-3-4-6-15(13)16/h3-6,10-12H,7-9H2,1-2H3,(H,17,18). The van der Waals surface area contributed by atoms with E-state index in [9.17, 15) is 0 Å². The first kappa shape index (κ1) is 11.5. The highest BCUT2D eigenvalue weighted by atomic mass is 14.9. The number of aromatic amines is 1. The van der Waals surface area contributed by atoms with Crippen LogP contribution in [0.4, 0.5) is 0 Å². The number of hydrogen-bond donors (Lipinski definition) is 1. The molecule has 1 unspecified atom stereocenters. The van der Waals surface area contributed by atoms with Gasteiger partial charge in [0.1, 0.15) is 0 Å². The number of imidazole rings is 1. The van der Waals surface area contributed by atoms with Crippen molar-refractivity contribution in [2.75, 3.05) is 0 Å². The lowest BCUT2D eigenvalue weighted by Gasteiger charge is -2.37. The number of aromatic nitrogens is 2. The van der Waals surface area contributed by atoms with Gasteiger partial charge in [0.05, 0.1) is 6.33 Å². The first-order chi connectivity index (χ1) is 8.65. The van der Waals surface area contributed by atoms with E-state index in [0.717, 1.165) is 12.3 Å². The smallest absolute Gasteiger partial charge is 0.0921 e. The van der Waals surface area contributed by atoms with Crippen molar-refractivity contribution in [3.8, 4) is 0 Å². The Labute approximate surface area is 108 Å². The van der Waals surface area contributed by atoms with E-state index in [4.69, 9.17) is 0 Å². The Hall–Kier alpha value is -1.57. The highest BCUT2D eigenvalue weighted by molar-refractivity contribution is 5.36. The van der Waals surface area contributed by atoms with Crippen LogP contribution in [0.15, 0.2) is 36.8 Å². The molecule has 1 aromatic heterocycles. The number of H-pyrrole nitrogens is 1. The molecule has 1 N–H and O–H groups in total. The first-order valence-corrected chi connectivity index (χ1v) is 6.71. The summed E-state index contributed by atoms with van der Waals surface area (Å²) in [6, 6.07) is 8.90.